The summed E-state index contributed by atoms with van der Waals surface area (Å²) in [4.78, 5) is 11.4. The molecule has 0 aliphatic rings. The van der Waals surface area contributed by atoms with Crippen molar-refractivity contribution in [2.75, 3.05) is 6.54 Å². The summed E-state index contributed by atoms with van der Waals surface area (Å²) >= 11 is 3.24. The van der Waals surface area contributed by atoms with E-state index >= 15 is 0 Å². The van der Waals surface area contributed by atoms with Crippen molar-refractivity contribution >= 4 is 22.0 Å². The fourth-order valence-corrected chi connectivity index (χ4v) is 1.72. The minimum absolute atomic E-state index is 0.117. The van der Waals surface area contributed by atoms with Gasteiger partial charge in [0.15, 0.2) is 0 Å². The number of carbonyl (C=O) groups excluding carboxylic acids is 1. The van der Waals surface area contributed by atoms with E-state index in [-0.39, 0.29) is 18.4 Å². The maximum Gasteiger partial charge on any atom is 0.315 e. The van der Waals surface area contributed by atoms with Crippen LogP contribution in [-0.2, 0) is 6.54 Å². The Bertz CT molecular complexity index is 413. The first-order valence-corrected chi connectivity index (χ1v) is 6.42. The van der Waals surface area contributed by atoms with Gasteiger partial charge < -0.3 is 15.7 Å². The van der Waals surface area contributed by atoms with Gasteiger partial charge >= 0.3 is 6.03 Å². The summed E-state index contributed by atoms with van der Waals surface area (Å²) in [6.45, 7) is 2.15. The highest BCUT2D eigenvalue weighted by Crippen LogP contribution is 2.15. The van der Waals surface area contributed by atoms with Crippen molar-refractivity contribution in [1.82, 2.24) is 10.6 Å². The van der Waals surface area contributed by atoms with Crippen LogP contribution in [0, 0.1) is 5.82 Å². The van der Waals surface area contributed by atoms with Gasteiger partial charge in [0.1, 0.15) is 5.82 Å². The van der Waals surface area contributed by atoms with E-state index in [9.17, 15) is 9.18 Å². The highest BCUT2D eigenvalue weighted by atomic mass is 79.9. The van der Waals surface area contributed by atoms with Crippen LogP contribution in [0.15, 0.2) is 22.7 Å². The molecule has 0 aromatic heterocycles. The van der Waals surface area contributed by atoms with E-state index < -0.39 is 6.10 Å². The molecule has 0 saturated carbocycles. The number of rotatable bonds is 5. The average Bonchev–Trinajstić information content (AvgIpc) is 2.30. The Balaban J connectivity index is 2.36. The molecule has 0 saturated heterocycles. The molecule has 4 nitrogen and oxygen atoms in total. The minimum Gasteiger partial charge on any atom is -0.393 e. The van der Waals surface area contributed by atoms with Crippen molar-refractivity contribution in [1.29, 1.82) is 0 Å². The number of hydrogen-bond acceptors (Lipinski definition) is 2. The molecule has 0 aliphatic carbocycles. The molecule has 0 radical (unpaired) electrons. The first kappa shape index (κ1) is 14.9. The van der Waals surface area contributed by atoms with Crippen molar-refractivity contribution in [2.24, 2.45) is 0 Å². The molecular formula is C12H16BrFN2O2. The number of carbonyl (C=O) groups is 1. The summed E-state index contributed by atoms with van der Waals surface area (Å²) in [5, 5.41) is 14.1. The second-order valence-electron chi connectivity index (χ2n) is 3.98. The third-order valence-electron chi connectivity index (χ3n) is 2.29. The third kappa shape index (κ3) is 5.46. The van der Waals surface area contributed by atoms with Crippen molar-refractivity contribution in [3.05, 3.63) is 34.1 Å². The first-order valence-electron chi connectivity index (χ1n) is 5.62. The monoisotopic (exact) mass is 318 g/mol. The standard InChI is InChI=1S/C12H16BrFN2O2/c1-8(17)4-5-15-12(18)16-7-9-6-10(13)2-3-11(9)14/h2-3,6,8,17H,4-5,7H2,1H3,(H2,15,16,18). The number of halogens is 2. The number of urea groups is 1. The number of amides is 2. The molecule has 0 bridgehead atoms. The molecule has 1 aromatic rings. The van der Waals surface area contributed by atoms with Gasteiger partial charge in [-0.3, -0.25) is 0 Å². The molecule has 3 N–H and O–H groups in total. The Labute approximate surface area is 114 Å². The van der Waals surface area contributed by atoms with Crippen LogP contribution in [0.5, 0.6) is 0 Å². The fourth-order valence-electron chi connectivity index (χ4n) is 1.31. The van der Waals surface area contributed by atoms with E-state index in [2.05, 4.69) is 26.6 Å². The zero-order chi connectivity index (χ0) is 13.5. The molecule has 18 heavy (non-hydrogen) atoms. The number of nitrogens with one attached hydrogen (secondary N) is 2. The second-order valence-corrected chi connectivity index (χ2v) is 4.90. The van der Waals surface area contributed by atoms with Crippen LogP contribution in [0.2, 0.25) is 0 Å². The molecular weight excluding hydrogens is 303 g/mol. The zero-order valence-corrected chi connectivity index (χ0v) is 11.6. The summed E-state index contributed by atoms with van der Waals surface area (Å²) in [6, 6.07) is 4.18. The maximum absolute atomic E-state index is 13.4. The van der Waals surface area contributed by atoms with Gasteiger partial charge in [0.05, 0.1) is 6.10 Å². The Morgan fingerprint density at radius 2 is 2.22 bits per heavy atom. The van der Waals surface area contributed by atoms with Gasteiger partial charge in [-0.25, -0.2) is 9.18 Å². The predicted octanol–water partition coefficient (Wildman–Crippen LogP) is 2.16. The molecule has 0 spiro atoms. The van der Waals surface area contributed by atoms with Crippen molar-refractivity contribution < 1.29 is 14.3 Å². The number of benzene rings is 1. The summed E-state index contributed by atoms with van der Waals surface area (Å²) in [7, 11) is 0. The molecule has 100 valence electrons. The molecule has 1 aromatic carbocycles. The molecule has 2 amide bonds. The maximum atomic E-state index is 13.4. The van der Waals surface area contributed by atoms with Crippen LogP contribution in [0.25, 0.3) is 0 Å². The smallest absolute Gasteiger partial charge is 0.315 e. The lowest BCUT2D eigenvalue weighted by Crippen LogP contribution is -2.36. The SMILES string of the molecule is CC(O)CCNC(=O)NCc1cc(Br)ccc1F. The normalized spacial score (nSPS) is 12.0. The van der Waals surface area contributed by atoms with E-state index in [1.807, 2.05) is 0 Å². The van der Waals surface area contributed by atoms with Crippen LogP contribution in [0.4, 0.5) is 9.18 Å². The quantitative estimate of drug-likeness (QED) is 0.779. The van der Waals surface area contributed by atoms with Crippen LogP contribution in [0.3, 0.4) is 0 Å². The van der Waals surface area contributed by atoms with Crippen molar-refractivity contribution in [3.63, 3.8) is 0 Å². The largest absolute Gasteiger partial charge is 0.393 e. The zero-order valence-electron chi connectivity index (χ0n) is 10.0. The second kappa shape index (κ2) is 7.33. The van der Waals surface area contributed by atoms with Gasteiger partial charge in [0.2, 0.25) is 0 Å². The van der Waals surface area contributed by atoms with E-state index in [1.54, 1.807) is 19.1 Å². The van der Waals surface area contributed by atoms with Crippen LogP contribution >= 0.6 is 15.9 Å². The van der Waals surface area contributed by atoms with Crippen LogP contribution in [-0.4, -0.2) is 23.8 Å². The predicted molar refractivity (Wildman–Crippen MR) is 70.6 cm³/mol. The molecule has 6 heteroatoms. The van der Waals surface area contributed by atoms with Gasteiger partial charge in [-0.1, -0.05) is 15.9 Å². The van der Waals surface area contributed by atoms with Crippen molar-refractivity contribution in [2.45, 2.75) is 26.0 Å². The number of hydrogen-bond donors (Lipinski definition) is 3. The lowest BCUT2D eigenvalue weighted by molar-refractivity contribution is 0.183. The highest BCUT2D eigenvalue weighted by molar-refractivity contribution is 9.10. The molecule has 1 rings (SSSR count). The van der Waals surface area contributed by atoms with Crippen LogP contribution in [0.1, 0.15) is 18.9 Å². The fraction of sp³-hybridized carbons (Fsp3) is 0.417. The van der Waals surface area contributed by atoms with Crippen molar-refractivity contribution in [3.8, 4) is 0 Å². The molecule has 1 atom stereocenters. The molecule has 1 unspecified atom stereocenters. The number of aliphatic hydroxyl groups excluding tert-OH is 1. The third-order valence-corrected chi connectivity index (χ3v) is 2.79. The molecule has 0 heterocycles. The average molecular weight is 319 g/mol. The molecule has 0 aliphatic heterocycles. The van der Waals surface area contributed by atoms with E-state index in [1.165, 1.54) is 6.07 Å². The topological polar surface area (TPSA) is 61.4 Å². The van der Waals surface area contributed by atoms with Gasteiger partial charge in [-0.2, -0.15) is 0 Å². The van der Waals surface area contributed by atoms with Gasteiger partial charge in [0.25, 0.3) is 0 Å². The lowest BCUT2D eigenvalue weighted by Gasteiger charge is -2.09. The van der Waals surface area contributed by atoms with E-state index in [0.717, 1.165) is 4.47 Å². The Kier molecular flexibility index (Phi) is 6.07. The summed E-state index contributed by atoms with van der Waals surface area (Å²) in [5.41, 5.74) is 0.412. The van der Waals surface area contributed by atoms with Gasteiger partial charge in [-0.15, -0.1) is 0 Å². The summed E-state index contributed by atoms with van der Waals surface area (Å²) < 4.78 is 14.1. The Morgan fingerprint density at radius 1 is 1.50 bits per heavy atom. The van der Waals surface area contributed by atoms with Gasteiger partial charge in [-0.05, 0) is 31.5 Å². The summed E-state index contributed by atoms with van der Waals surface area (Å²) in [5.74, 6) is -0.359. The highest BCUT2D eigenvalue weighted by Gasteiger charge is 2.05. The molecule has 0 fully saturated rings. The first-order chi connectivity index (χ1) is 8.49. The Hall–Kier alpha value is -1.14. The summed E-state index contributed by atoms with van der Waals surface area (Å²) in [6.07, 6.45) is 0.0337. The van der Waals surface area contributed by atoms with E-state index in [0.29, 0.717) is 18.5 Å². The minimum atomic E-state index is -0.451. The lowest BCUT2D eigenvalue weighted by atomic mass is 10.2. The Morgan fingerprint density at radius 3 is 2.89 bits per heavy atom. The van der Waals surface area contributed by atoms with E-state index in [4.69, 9.17) is 5.11 Å². The van der Waals surface area contributed by atoms with Gasteiger partial charge in [0, 0.05) is 23.1 Å². The number of aliphatic hydroxyl groups is 1. The van der Waals surface area contributed by atoms with Crippen LogP contribution < -0.4 is 10.6 Å².